The van der Waals surface area contributed by atoms with Crippen molar-refractivity contribution in [2.24, 2.45) is 0 Å². The van der Waals surface area contributed by atoms with Crippen LogP contribution in [0.25, 0.3) is 205 Å². The van der Waals surface area contributed by atoms with E-state index >= 15 is 0 Å². The molecule has 0 atom stereocenters. The summed E-state index contributed by atoms with van der Waals surface area (Å²) in [6.45, 7) is 0. The molecule has 15 nitrogen and oxygen atoms in total. The molecule has 0 unspecified atom stereocenters. The third kappa shape index (κ3) is 11.8. The summed E-state index contributed by atoms with van der Waals surface area (Å²) in [5.74, 6) is 4.30. The molecule has 29 rings (SSSR count). The molecule has 0 saturated carbocycles. The van der Waals surface area contributed by atoms with Crippen molar-refractivity contribution in [1.29, 1.82) is 0 Å². The maximum Gasteiger partial charge on any atom is 0.242 e. The predicted molar refractivity (Wildman–Crippen MR) is 579 cm³/mol. The lowest BCUT2D eigenvalue weighted by atomic mass is 10.0. The number of hydrogen-bond acceptors (Lipinski definition) is 9. The monoisotopic (exact) mass is 1840 g/mol. The number of hydrogen-bond donors (Lipinski definition) is 0. The van der Waals surface area contributed by atoms with Crippen LogP contribution in [-0.2, 0) is 0 Å². The molecule has 140 heavy (non-hydrogen) atoms. The van der Waals surface area contributed by atoms with Crippen molar-refractivity contribution in [3.63, 3.8) is 0 Å². The van der Waals surface area contributed by atoms with Gasteiger partial charge in [0.05, 0.1) is 77.2 Å². The van der Waals surface area contributed by atoms with Crippen molar-refractivity contribution in [2.75, 3.05) is 0 Å². The van der Waals surface area contributed by atoms with Crippen LogP contribution in [0.5, 0.6) is 0 Å². The molecule has 0 radical (unpaired) electrons. The van der Waals surface area contributed by atoms with Gasteiger partial charge in [-0.15, -0.1) is 11.3 Å². The minimum Gasteiger partial charge on any atom is -0.309 e. The summed E-state index contributed by atoms with van der Waals surface area (Å²) in [7, 11) is -6.40. The fourth-order valence-electron chi connectivity index (χ4n) is 22.8. The van der Waals surface area contributed by atoms with Crippen LogP contribution in [0.3, 0.4) is 0 Å². The summed E-state index contributed by atoms with van der Waals surface area (Å²) in [6.07, 6.45) is 0. The number of thiophene rings is 1. The maximum atomic E-state index is 5.69. The van der Waals surface area contributed by atoms with E-state index in [0.717, 1.165) is 137 Å². The van der Waals surface area contributed by atoms with Gasteiger partial charge in [0, 0.05) is 69.3 Å². The molecular weight excluding hydrogens is 1760 g/mol. The van der Waals surface area contributed by atoms with Crippen molar-refractivity contribution >= 4 is 210 Å². The summed E-state index contributed by atoms with van der Waals surface area (Å²) in [4.78, 5) is 44.5. The van der Waals surface area contributed by atoms with Gasteiger partial charge in [-0.05, 0) is 162 Å². The average Bonchev–Trinajstić information content (AvgIpc) is 1.45. The Balaban J connectivity index is 0.573. The van der Waals surface area contributed by atoms with Gasteiger partial charge in [0.25, 0.3) is 0 Å². The summed E-state index contributed by atoms with van der Waals surface area (Å²) in [5.41, 5.74) is 18.4. The molecule has 0 spiro atoms. The van der Waals surface area contributed by atoms with Crippen LogP contribution in [0.1, 0.15) is 0 Å². The highest BCUT2D eigenvalue weighted by Gasteiger charge is 2.45. The first-order valence-electron chi connectivity index (χ1n) is 47.2. The molecule has 0 aliphatic rings. The molecule has 0 aliphatic heterocycles. The van der Waals surface area contributed by atoms with E-state index in [2.05, 4.69) is 493 Å². The van der Waals surface area contributed by atoms with Gasteiger partial charge in [-0.1, -0.05) is 358 Å². The highest BCUT2D eigenvalue weighted by molar-refractivity contribution is 7.30. The Kier molecular flexibility index (Phi) is 17.6. The Morgan fingerprint density at radius 1 is 0.186 bits per heavy atom. The topological polar surface area (TPSA) is 137 Å². The van der Waals surface area contributed by atoms with Crippen LogP contribution >= 0.6 is 11.3 Å². The number of benzene rings is 19. The van der Waals surface area contributed by atoms with Crippen LogP contribution in [0.2, 0.25) is 0 Å². The van der Waals surface area contributed by atoms with Gasteiger partial charge in [0.1, 0.15) is 0 Å². The van der Waals surface area contributed by atoms with Gasteiger partial charge in [-0.25, -0.2) is 19.1 Å². The molecule has 0 fully saturated rings. The number of imidazole rings is 4. The predicted octanol–water partition coefficient (Wildman–Crippen LogP) is 23.0. The first kappa shape index (κ1) is 79.2. The van der Waals surface area contributed by atoms with E-state index in [1.165, 1.54) is 61.7 Å². The number of para-hydroxylation sites is 11. The first-order valence-corrected chi connectivity index (χ1v) is 52.0. The van der Waals surface area contributed by atoms with Crippen LogP contribution in [0.4, 0.5) is 0 Å². The van der Waals surface area contributed by atoms with Crippen molar-refractivity contribution in [3.8, 4) is 63.4 Å². The van der Waals surface area contributed by atoms with Crippen LogP contribution in [-0.4, -0.2) is 87.7 Å². The number of rotatable bonds is 16. The summed E-state index contributed by atoms with van der Waals surface area (Å²) in [5, 5.41) is 19.4. The fraction of sp³-hybridized carbons (Fsp3) is 0. The number of fused-ring (bicyclic) bond motifs is 22. The van der Waals surface area contributed by atoms with Gasteiger partial charge in [0.15, 0.2) is 27.8 Å². The standard InChI is InChI=1S/C122H77N15SSi2/c1-5-34-83(35-6-1)139(84-36-7-2-8-37-84,87-69-63-78(64-70-87)115-125-117(132-101-53-22-13-43-90(101)91-44-14-23-54-102(91)132)129-119(127-115)136-109-60-29-28-59-108(109)134-106-57-26-19-50-98(106)123-121(134)136)89-42-31-33-82(77-89)131-100-52-21-17-47-94(100)97-75-80(67-73-105(97)131)81-68-74-110-111(76-81)135-107-58-27-20-51-99(107)124-122(135)137(110)120-128-116(126-118(130-120)133-103-55-24-15-45-92(103)93-46-16-25-56-104(93)133)79-65-71-88(72-66-79)140(85-38-9-3-10-39-85,86-40-11-4-12-41-86)113-62-32-49-96-95-48-18-30-61-112(95)138-114(96)113/h1-77H. The maximum absolute atomic E-state index is 5.69. The largest absolute Gasteiger partial charge is 0.309 e. The van der Waals surface area contributed by atoms with Crippen molar-refractivity contribution < 1.29 is 0 Å². The van der Waals surface area contributed by atoms with Crippen molar-refractivity contribution in [2.45, 2.75) is 0 Å². The second-order valence-corrected chi connectivity index (χ2v) is 44.8. The van der Waals surface area contributed by atoms with Crippen molar-refractivity contribution in [3.05, 3.63) is 467 Å². The smallest absolute Gasteiger partial charge is 0.242 e. The normalized spacial score (nSPS) is 12.3. The lowest BCUT2D eigenvalue weighted by molar-refractivity contribution is 0.884. The van der Waals surface area contributed by atoms with Crippen LogP contribution < -0.4 is 41.5 Å². The summed E-state index contributed by atoms with van der Waals surface area (Å²) in [6, 6.07) is 170. The Morgan fingerprint density at radius 2 is 0.521 bits per heavy atom. The van der Waals surface area contributed by atoms with E-state index in [0.29, 0.717) is 47.0 Å². The third-order valence-corrected chi connectivity index (χ3v) is 39.8. The van der Waals surface area contributed by atoms with Crippen LogP contribution in [0.15, 0.2) is 467 Å². The van der Waals surface area contributed by atoms with Crippen LogP contribution in [0, 0.1) is 0 Å². The van der Waals surface area contributed by atoms with E-state index in [1.54, 1.807) is 0 Å². The Morgan fingerprint density at radius 3 is 1.02 bits per heavy atom. The Hall–Kier alpha value is -18.2. The minimum absolute atomic E-state index is 0.432. The minimum atomic E-state index is -3.29. The SMILES string of the molecule is c1ccc([Si](c2ccccc2)(c2ccc(-c3nc(-n4c5ccccc5c5ccccc54)nc(-n4c5ccccc5n5c6ccccc6nc45)n3)cc2)c2cccc(-n3c4ccccc4c4cc(-c5ccc6c(c5)n5c7ccccc7nc5n6-c5nc(-c6ccc([Si](c7ccccc7)(c7ccccc7)c7cccc8c7sc7ccccc78)cc6)nc(-n6c7ccccc7c7ccccc76)n5)ccc43)c2)cc1. The first-order chi connectivity index (χ1) is 69.4. The zero-order valence-corrected chi connectivity index (χ0v) is 77.9. The third-order valence-electron chi connectivity index (χ3n) is 28.8. The Labute approximate surface area is 806 Å². The van der Waals surface area contributed by atoms with E-state index in [4.69, 9.17) is 39.9 Å². The van der Waals surface area contributed by atoms with E-state index in [-0.39, 0.29) is 0 Å². The van der Waals surface area contributed by atoms with Gasteiger partial charge >= 0.3 is 0 Å². The molecule has 654 valence electrons. The van der Waals surface area contributed by atoms with E-state index in [1.807, 2.05) is 17.4 Å². The van der Waals surface area contributed by atoms with Crippen molar-refractivity contribution in [1.82, 2.24) is 71.5 Å². The molecule has 0 N–H and O–H groups in total. The zero-order valence-electron chi connectivity index (χ0n) is 75.1. The average molecular weight is 1840 g/mol. The molecule has 10 aromatic heterocycles. The highest BCUT2D eigenvalue weighted by Crippen LogP contribution is 2.42. The fourth-order valence-corrected chi connectivity index (χ4v) is 34.1. The van der Waals surface area contributed by atoms with Gasteiger partial charge in [-0.2, -0.15) is 29.9 Å². The lowest BCUT2D eigenvalue weighted by Crippen LogP contribution is -2.74. The molecule has 29 aromatic rings. The van der Waals surface area contributed by atoms with Gasteiger partial charge < -0.3 is 4.57 Å². The number of aromatic nitrogens is 15. The molecule has 0 saturated heterocycles. The molecule has 10 heterocycles. The Bertz CT molecular complexity index is 9930. The lowest BCUT2D eigenvalue weighted by Gasteiger charge is -2.35. The molecule has 0 aliphatic carbocycles. The second-order valence-electron chi connectivity index (χ2n) is 36.1. The summed E-state index contributed by atoms with van der Waals surface area (Å²) >= 11 is 1.89. The van der Waals surface area contributed by atoms with Gasteiger partial charge in [-0.3, -0.25) is 17.9 Å². The quantitative estimate of drug-likeness (QED) is 0.0689. The van der Waals surface area contributed by atoms with E-state index in [9.17, 15) is 0 Å². The number of nitrogens with zero attached hydrogens (tertiary/aromatic N) is 15. The molecule has 0 bridgehead atoms. The van der Waals surface area contributed by atoms with E-state index < -0.39 is 16.1 Å². The molecule has 19 aromatic carbocycles. The second kappa shape index (κ2) is 31.2. The summed E-state index contributed by atoms with van der Waals surface area (Å²) < 4.78 is 18.1. The zero-order chi connectivity index (χ0) is 91.8. The highest BCUT2D eigenvalue weighted by atomic mass is 32.1. The molecular formula is C122H77N15SSi2. The van der Waals surface area contributed by atoms with Gasteiger partial charge in [0.2, 0.25) is 35.3 Å². The molecule has 0 amide bonds. The molecule has 18 heteroatoms.